The molecule has 0 bridgehead atoms. The zero-order valence-electron chi connectivity index (χ0n) is 15.5. The molecule has 1 saturated carbocycles. The molecule has 1 aromatic carbocycles. The maximum atomic E-state index is 12.7. The molecule has 0 spiro atoms. The lowest BCUT2D eigenvalue weighted by Gasteiger charge is -2.25. The zero-order chi connectivity index (χ0) is 18.6. The van der Waals surface area contributed by atoms with Gasteiger partial charge in [-0.3, -0.25) is 4.79 Å². The molecule has 2 heterocycles. The van der Waals surface area contributed by atoms with Gasteiger partial charge in [0.15, 0.2) is 0 Å². The number of amides is 3. The summed E-state index contributed by atoms with van der Waals surface area (Å²) in [5.74, 6) is 0.328. The van der Waals surface area contributed by atoms with Crippen molar-refractivity contribution in [2.45, 2.75) is 44.2 Å². The Bertz CT molecular complexity index is 662. The number of nitrogens with zero attached hydrogens (tertiary/aromatic N) is 1. The molecule has 7 heteroatoms. The van der Waals surface area contributed by atoms with Crippen molar-refractivity contribution in [3.63, 3.8) is 0 Å². The van der Waals surface area contributed by atoms with E-state index >= 15 is 0 Å². The highest BCUT2D eigenvalue weighted by atomic mass is 16.5. The van der Waals surface area contributed by atoms with Gasteiger partial charge in [0.25, 0.3) is 5.91 Å². The number of urea groups is 1. The summed E-state index contributed by atoms with van der Waals surface area (Å²) in [6.45, 7) is 2.94. The van der Waals surface area contributed by atoms with Crippen LogP contribution in [0.15, 0.2) is 24.3 Å². The number of carbonyl (C=O) groups excluding carboxylic acids is 2. The molecule has 7 nitrogen and oxygen atoms in total. The van der Waals surface area contributed by atoms with E-state index in [1.165, 1.54) is 0 Å². The Morgan fingerprint density at radius 3 is 2.33 bits per heavy atom. The van der Waals surface area contributed by atoms with Gasteiger partial charge in [-0.1, -0.05) is 0 Å². The van der Waals surface area contributed by atoms with Crippen LogP contribution in [0, 0.1) is 5.92 Å². The maximum Gasteiger partial charge on any atom is 0.322 e. The van der Waals surface area contributed by atoms with E-state index in [-0.39, 0.29) is 18.0 Å². The minimum absolute atomic E-state index is 0.0551. The van der Waals surface area contributed by atoms with Crippen molar-refractivity contribution in [1.82, 2.24) is 4.90 Å². The van der Waals surface area contributed by atoms with Gasteiger partial charge in [0.2, 0.25) is 0 Å². The van der Waals surface area contributed by atoms with E-state index in [9.17, 15) is 9.59 Å². The first kappa shape index (κ1) is 18.3. The number of hydrogen-bond acceptors (Lipinski definition) is 4. The first-order chi connectivity index (χ1) is 13.2. The fraction of sp³-hybridized carbons (Fsp3) is 0.600. The van der Waals surface area contributed by atoms with E-state index in [2.05, 4.69) is 10.6 Å². The molecule has 3 amide bonds. The van der Waals surface area contributed by atoms with E-state index in [1.807, 2.05) is 17.0 Å². The summed E-state index contributed by atoms with van der Waals surface area (Å²) in [7, 11) is 0. The molecule has 1 aliphatic carbocycles. The molecule has 4 rings (SSSR count). The minimum Gasteiger partial charge on any atom is -0.381 e. The van der Waals surface area contributed by atoms with Crippen molar-refractivity contribution in [2.75, 3.05) is 37.0 Å². The second-order valence-electron chi connectivity index (χ2n) is 7.61. The summed E-state index contributed by atoms with van der Waals surface area (Å²) in [6.07, 6.45) is 4.52. The average molecular weight is 373 g/mol. The molecule has 2 aliphatic heterocycles. The summed E-state index contributed by atoms with van der Waals surface area (Å²) >= 11 is 0. The highest BCUT2D eigenvalue weighted by Crippen LogP contribution is 2.29. The van der Waals surface area contributed by atoms with Gasteiger partial charge < -0.3 is 25.0 Å². The third kappa shape index (κ3) is 4.78. The molecule has 146 valence electrons. The summed E-state index contributed by atoms with van der Waals surface area (Å²) < 4.78 is 10.8. The number of nitrogens with one attached hydrogen (secondary N) is 2. The van der Waals surface area contributed by atoms with Gasteiger partial charge in [0.1, 0.15) is 6.10 Å². The molecular weight excluding hydrogens is 346 g/mol. The van der Waals surface area contributed by atoms with Crippen molar-refractivity contribution in [3.8, 4) is 0 Å². The number of carbonyl (C=O) groups is 2. The predicted octanol–water partition coefficient (Wildman–Crippen LogP) is 2.84. The number of benzene rings is 1. The topological polar surface area (TPSA) is 79.9 Å². The van der Waals surface area contributed by atoms with Crippen LogP contribution in [0.3, 0.4) is 0 Å². The SMILES string of the molecule is O=C(Nc1ccc(NC(=O)N(C[C@H]2CCOC2)C2CC2)cc1)[C@H]1CCCO1. The summed E-state index contributed by atoms with van der Waals surface area (Å²) in [6, 6.07) is 7.53. The average Bonchev–Trinajstić information content (AvgIpc) is 3.13. The van der Waals surface area contributed by atoms with E-state index in [4.69, 9.17) is 9.47 Å². The number of anilines is 2. The molecule has 3 fully saturated rings. The van der Waals surface area contributed by atoms with Gasteiger partial charge in [-0.2, -0.15) is 0 Å². The van der Waals surface area contributed by atoms with E-state index < -0.39 is 0 Å². The Balaban J connectivity index is 1.31. The van der Waals surface area contributed by atoms with Crippen molar-refractivity contribution in [1.29, 1.82) is 0 Å². The van der Waals surface area contributed by atoms with Crippen molar-refractivity contribution in [2.24, 2.45) is 5.92 Å². The first-order valence-corrected chi connectivity index (χ1v) is 9.87. The summed E-state index contributed by atoms with van der Waals surface area (Å²) in [4.78, 5) is 26.7. The largest absolute Gasteiger partial charge is 0.381 e. The lowest BCUT2D eigenvalue weighted by molar-refractivity contribution is -0.124. The third-order valence-electron chi connectivity index (χ3n) is 5.35. The van der Waals surface area contributed by atoms with Gasteiger partial charge >= 0.3 is 6.03 Å². The van der Waals surface area contributed by atoms with Crippen molar-refractivity contribution < 1.29 is 19.1 Å². The van der Waals surface area contributed by atoms with Crippen LogP contribution in [0.25, 0.3) is 0 Å². The van der Waals surface area contributed by atoms with Crippen LogP contribution in [-0.2, 0) is 14.3 Å². The number of ether oxygens (including phenoxy) is 2. The van der Waals surface area contributed by atoms with Gasteiger partial charge in [0, 0.05) is 43.1 Å². The fourth-order valence-electron chi connectivity index (χ4n) is 3.63. The van der Waals surface area contributed by atoms with Gasteiger partial charge in [-0.25, -0.2) is 4.79 Å². The molecule has 2 N–H and O–H groups in total. The number of hydrogen-bond donors (Lipinski definition) is 2. The Morgan fingerprint density at radius 2 is 1.74 bits per heavy atom. The molecule has 3 aliphatic rings. The van der Waals surface area contributed by atoms with Gasteiger partial charge in [-0.15, -0.1) is 0 Å². The van der Waals surface area contributed by atoms with Crippen molar-refractivity contribution >= 4 is 23.3 Å². The minimum atomic E-state index is -0.351. The summed E-state index contributed by atoms with van der Waals surface area (Å²) in [5.41, 5.74) is 1.43. The number of rotatable bonds is 6. The lowest BCUT2D eigenvalue weighted by Crippen LogP contribution is -2.40. The molecule has 0 unspecified atom stereocenters. The quantitative estimate of drug-likeness (QED) is 0.804. The standard InChI is InChI=1S/C20H27N3O4/c24-19(18-2-1-10-27-18)21-15-3-5-16(6-4-15)22-20(25)23(17-7-8-17)12-14-9-11-26-13-14/h3-6,14,17-18H,1-2,7-13H2,(H,21,24)(H,22,25)/t14-,18-/m1/s1. The highest BCUT2D eigenvalue weighted by Gasteiger charge is 2.34. The monoisotopic (exact) mass is 373 g/mol. The summed E-state index contributed by atoms with van der Waals surface area (Å²) in [5, 5.41) is 5.84. The molecule has 2 atom stereocenters. The molecular formula is C20H27N3O4. The first-order valence-electron chi connectivity index (χ1n) is 9.87. The van der Waals surface area contributed by atoms with Crippen LogP contribution in [0.4, 0.5) is 16.2 Å². The van der Waals surface area contributed by atoms with Crippen molar-refractivity contribution in [3.05, 3.63) is 24.3 Å². The van der Waals surface area contributed by atoms with Crippen LogP contribution < -0.4 is 10.6 Å². The van der Waals surface area contributed by atoms with Crippen LogP contribution in [0.2, 0.25) is 0 Å². The Labute approximate surface area is 159 Å². The molecule has 0 aromatic heterocycles. The molecule has 2 saturated heterocycles. The van der Waals surface area contributed by atoms with Crippen LogP contribution in [0.5, 0.6) is 0 Å². The Hall–Kier alpha value is -2.12. The Kier molecular flexibility index (Phi) is 5.59. The van der Waals surface area contributed by atoms with Crippen LogP contribution in [0.1, 0.15) is 32.1 Å². The second-order valence-corrected chi connectivity index (χ2v) is 7.61. The maximum absolute atomic E-state index is 12.7. The normalized spacial score (nSPS) is 24.6. The van der Waals surface area contributed by atoms with Crippen LogP contribution in [-0.4, -0.2) is 55.3 Å². The fourth-order valence-corrected chi connectivity index (χ4v) is 3.63. The smallest absolute Gasteiger partial charge is 0.322 e. The van der Waals surface area contributed by atoms with E-state index in [0.29, 0.717) is 24.3 Å². The molecule has 27 heavy (non-hydrogen) atoms. The van der Waals surface area contributed by atoms with Gasteiger partial charge in [-0.05, 0) is 56.4 Å². The predicted molar refractivity (Wildman–Crippen MR) is 102 cm³/mol. The lowest BCUT2D eigenvalue weighted by atomic mass is 10.1. The Morgan fingerprint density at radius 1 is 1.00 bits per heavy atom. The third-order valence-corrected chi connectivity index (χ3v) is 5.35. The van der Waals surface area contributed by atoms with Crippen LogP contribution >= 0.6 is 0 Å². The highest BCUT2D eigenvalue weighted by molar-refractivity contribution is 5.95. The van der Waals surface area contributed by atoms with E-state index in [0.717, 1.165) is 57.6 Å². The zero-order valence-corrected chi connectivity index (χ0v) is 15.5. The van der Waals surface area contributed by atoms with Gasteiger partial charge in [0.05, 0.1) is 6.61 Å². The molecule has 0 radical (unpaired) electrons. The second kappa shape index (κ2) is 8.27. The molecule has 1 aromatic rings. The van der Waals surface area contributed by atoms with E-state index in [1.54, 1.807) is 12.1 Å².